The number of benzene rings is 1. The molecule has 4 nitrogen and oxygen atoms in total. The zero-order valence-electron chi connectivity index (χ0n) is 14.1. The van der Waals surface area contributed by atoms with E-state index < -0.39 is 17.4 Å². The number of hydrogen-bond donors (Lipinski definition) is 1. The lowest BCUT2D eigenvalue weighted by molar-refractivity contribution is -0.159. The highest BCUT2D eigenvalue weighted by Gasteiger charge is 2.55. The minimum atomic E-state index is -1.15. The standard InChI is InChI=1S/C20H24O4/c1-4-10-19(3)11-12-20(15(19)2,13-17(21)22)18(23)24-14-16-8-6-5-7-9-16/h4-9H,1-2,10-14H2,3H3,(H,21,22)/t19-,20+/m0/s1. The van der Waals surface area contributed by atoms with E-state index >= 15 is 0 Å². The maximum atomic E-state index is 12.8. The third kappa shape index (κ3) is 3.42. The van der Waals surface area contributed by atoms with E-state index in [0.717, 1.165) is 5.56 Å². The summed E-state index contributed by atoms with van der Waals surface area (Å²) in [6.07, 6.45) is 3.31. The smallest absolute Gasteiger partial charge is 0.317 e. The Hall–Kier alpha value is -2.36. The molecule has 0 heterocycles. The van der Waals surface area contributed by atoms with Gasteiger partial charge in [0, 0.05) is 0 Å². The average Bonchev–Trinajstić information content (AvgIpc) is 2.80. The van der Waals surface area contributed by atoms with Crippen LogP contribution in [0.15, 0.2) is 55.1 Å². The summed E-state index contributed by atoms with van der Waals surface area (Å²) in [6.45, 7) is 9.99. The van der Waals surface area contributed by atoms with E-state index in [2.05, 4.69) is 13.2 Å². The first-order chi connectivity index (χ1) is 11.3. The Morgan fingerprint density at radius 1 is 1.29 bits per heavy atom. The zero-order chi connectivity index (χ0) is 17.8. The van der Waals surface area contributed by atoms with Crippen LogP contribution in [0.25, 0.3) is 0 Å². The molecule has 1 saturated carbocycles. The van der Waals surface area contributed by atoms with Crippen LogP contribution < -0.4 is 0 Å². The highest BCUT2D eigenvalue weighted by Crippen LogP contribution is 2.57. The van der Waals surface area contributed by atoms with Gasteiger partial charge in [0.2, 0.25) is 0 Å². The van der Waals surface area contributed by atoms with Gasteiger partial charge in [0.25, 0.3) is 0 Å². The summed E-state index contributed by atoms with van der Waals surface area (Å²) in [5, 5.41) is 9.32. The normalized spacial score (nSPS) is 26.1. The Bertz CT molecular complexity index is 649. The van der Waals surface area contributed by atoms with Gasteiger partial charge in [0.05, 0.1) is 11.8 Å². The van der Waals surface area contributed by atoms with Gasteiger partial charge in [-0.3, -0.25) is 9.59 Å². The second-order valence-electron chi connectivity index (χ2n) is 6.75. The highest BCUT2D eigenvalue weighted by atomic mass is 16.5. The lowest BCUT2D eigenvalue weighted by Crippen LogP contribution is -2.36. The van der Waals surface area contributed by atoms with Gasteiger partial charge < -0.3 is 9.84 Å². The topological polar surface area (TPSA) is 63.6 Å². The first-order valence-corrected chi connectivity index (χ1v) is 8.08. The second kappa shape index (κ2) is 7.04. The third-order valence-electron chi connectivity index (χ3n) is 5.06. The Kier molecular flexibility index (Phi) is 5.27. The molecule has 1 aliphatic carbocycles. The summed E-state index contributed by atoms with van der Waals surface area (Å²) in [4.78, 5) is 24.2. The molecule has 1 aromatic rings. The summed E-state index contributed by atoms with van der Waals surface area (Å²) in [7, 11) is 0. The van der Waals surface area contributed by atoms with Crippen molar-refractivity contribution in [2.24, 2.45) is 10.8 Å². The number of carboxylic acid groups (broad SMARTS) is 1. The number of esters is 1. The molecule has 0 radical (unpaired) electrons. The van der Waals surface area contributed by atoms with Crippen molar-refractivity contribution >= 4 is 11.9 Å². The fourth-order valence-corrected chi connectivity index (χ4v) is 3.52. The largest absolute Gasteiger partial charge is 0.481 e. The second-order valence-corrected chi connectivity index (χ2v) is 6.75. The van der Waals surface area contributed by atoms with E-state index in [9.17, 15) is 14.7 Å². The molecule has 1 aromatic carbocycles. The third-order valence-corrected chi connectivity index (χ3v) is 5.06. The quantitative estimate of drug-likeness (QED) is 0.604. The van der Waals surface area contributed by atoms with Crippen molar-refractivity contribution in [1.82, 2.24) is 0 Å². The van der Waals surface area contributed by atoms with Crippen LogP contribution in [-0.4, -0.2) is 17.0 Å². The maximum absolute atomic E-state index is 12.8. The number of aliphatic carboxylic acids is 1. The molecular formula is C20H24O4. The summed E-state index contributed by atoms with van der Waals surface area (Å²) in [5.41, 5.74) is 0.0468. The molecule has 4 heteroatoms. The summed E-state index contributed by atoms with van der Waals surface area (Å²) >= 11 is 0. The van der Waals surface area contributed by atoms with E-state index in [4.69, 9.17) is 4.74 Å². The molecule has 0 amide bonds. The Morgan fingerprint density at radius 2 is 1.96 bits per heavy atom. The van der Waals surface area contributed by atoms with Crippen molar-refractivity contribution in [2.75, 3.05) is 0 Å². The van der Waals surface area contributed by atoms with Gasteiger partial charge in [0.15, 0.2) is 0 Å². The Balaban J connectivity index is 2.22. The molecule has 0 spiro atoms. The molecule has 0 bridgehead atoms. The van der Waals surface area contributed by atoms with Crippen molar-refractivity contribution in [2.45, 2.75) is 39.2 Å². The number of carbonyl (C=O) groups is 2. The molecule has 0 unspecified atom stereocenters. The first kappa shape index (κ1) is 18.0. The molecule has 1 fully saturated rings. The fourth-order valence-electron chi connectivity index (χ4n) is 3.52. The monoisotopic (exact) mass is 328 g/mol. The van der Waals surface area contributed by atoms with Crippen LogP contribution in [0.5, 0.6) is 0 Å². The van der Waals surface area contributed by atoms with Crippen molar-refractivity contribution < 1.29 is 19.4 Å². The highest BCUT2D eigenvalue weighted by molar-refractivity contribution is 5.87. The van der Waals surface area contributed by atoms with Gasteiger partial charge in [0.1, 0.15) is 6.61 Å². The van der Waals surface area contributed by atoms with Crippen LogP contribution in [0, 0.1) is 10.8 Å². The zero-order valence-corrected chi connectivity index (χ0v) is 14.1. The molecule has 2 rings (SSSR count). The lowest BCUT2D eigenvalue weighted by Gasteiger charge is -2.32. The van der Waals surface area contributed by atoms with Gasteiger partial charge in [-0.05, 0) is 30.2 Å². The molecule has 128 valence electrons. The number of rotatable bonds is 7. The van der Waals surface area contributed by atoms with E-state index in [1.54, 1.807) is 6.08 Å². The Morgan fingerprint density at radius 3 is 2.54 bits per heavy atom. The van der Waals surface area contributed by atoms with Crippen LogP contribution in [0.3, 0.4) is 0 Å². The summed E-state index contributed by atoms with van der Waals surface area (Å²) in [5.74, 6) is -1.51. The van der Waals surface area contributed by atoms with Gasteiger partial charge in [-0.15, -0.1) is 6.58 Å². The van der Waals surface area contributed by atoms with E-state index in [1.165, 1.54) is 0 Å². The van der Waals surface area contributed by atoms with Crippen molar-refractivity contribution in [3.05, 3.63) is 60.7 Å². The molecule has 0 aromatic heterocycles. The van der Waals surface area contributed by atoms with Crippen molar-refractivity contribution in [3.63, 3.8) is 0 Å². The predicted molar refractivity (Wildman–Crippen MR) is 92.2 cm³/mol. The molecule has 0 saturated heterocycles. The van der Waals surface area contributed by atoms with E-state index in [1.807, 2.05) is 37.3 Å². The molecule has 1 N–H and O–H groups in total. The lowest BCUT2D eigenvalue weighted by atomic mass is 9.72. The number of carboxylic acids is 1. The summed E-state index contributed by atoms with van der Waals surface area (Å²) in [6, 6.07) is 9.35. The van der Waals surface area contributed by atoms with Crippen LogP contribution in [0.2, 0.25) is 0 Å². The molecule has 2 atom stereocenters. The number of hydrogen-bond acceptors (Lipinski definition) is 3. The minimum absolute atomic E-state index is 0.131. The molecular weight excluding hydrogens is 304 g/mol. The predicted octanol–water partition coefficient (Wildman–Crippen LogP) is 4.12. The minimum Gasteiger partial charge on any atom is -0.481 e. The van der Waals surface area contributed by atoms with Crippen molar-refractivity contribution in [3.8, 4) is 0 Å². The number of ether oxygens (including phenoxy) is 1. The van der Waals surface area contributed by atoms with Crippen LogP contribution >= 0.6 is 0 Å². The number of allylic oxidation sites excluding steroid dienone is 1. The number of carbonyl (C=O) groups excluding carboxylic acids is 1. The van der Waals surface area contributed by atoms with Gasteiger partial charge >= 0.3 is 11.9 Å². The van der Waals surface area contributed by atoms with Gasteiger partial charge in [-0.25, -0.2) is 0 Å². The fraction of sp³-hybridized carbons (Fsp3) is 0.400. The van der Waals surface area contributed by atoms with E-state index in [-0.39, 0.29) is 18.4 Å². The van der Waals surface area contributed by atoms with Crippen molar-refractivity contribution in [1.29, 1.82) is 0 Å². The first-order valence-electron chi connectivity index (χ1n) is 8.08. The maximum Gasteiger partial charge on any atom is 0.317 e. The van der Waals surface area contributed by atoms with Crippen LogP contribution in [0.1, 0.15) is 38.2 Å². The SMILES string of the molecule is C=CC[C@@]1(C)CC[C@](CC(=O)O)(C(=O)OCc2ccccc2)C1=C. The molecule has 0 aliphatic heterocycles. The van der Waals surface area contributed by atoms with Crippen LogP contribution in [0.4, 0.5) is 0 Å². The van der Waals surface area contributed by atoms with Gasteiger partial charge in [-0.2, -0.15) is 0 Å². The van der Waals surface area contributed by atoms with Crippen LogP contribution in [-0.2, 0) is 20.9 Å². The molecule has 1 aliphatic rings. The average molecular weight is 328 g/mol. The van der Waals surface area contributed by atoms with Gasteiger partial charge in [-0.1, -0.05) is 55.5 Å². The molecule has 24 heavy (non-hydrogen) atoms. The summed E-state index contributed by atoms with van der Waals surface area (Å²) < 4.78 is 5.47. The Labute approximate surface area is 142 Å². The van der Waals surface area contributed by atoms with E-state index in [0.29, 0.717) is 24.8 Å².